The van der Waals surface area contributed by atoms with E-state index >= 15 is 0 Å². The zero-order valence-electron chi connectivity index (χ0n) is 14.1. The van der Waals surface area contributed by atoms with Gasteiger partial charge in [-0.1, -0.05) is 6.42 Å². The third kappa shape index (κ3) is 2.85. The third-order valence-electron chi connectivity index (χ3n) is 6.56. The molecule has 0 aromatic heterocycles. The van der Waals surface area contributed by atoms with Crippen molar-refractivity contribution >= 4 is 17.7 Å². The number of amides is 3. The first-order valence-electron chi connectivity index (χ1n) is 9.51. The highest BCUT2D eigenvalue weighted by Gasteiger charge is 2.48. The summed E-state index contributed by atoms with van der Waals surface area (Å²) in [7, 11) is 0. The predicted octanol–water partition coefficient (Wildman–Crippen LogP) is 0.808. The van der Waals surface area contributed by atoms with Crippen molar-refractivity contribution < 1.29 is 14.4 Å². The lowest BCUT2D eigenvalue weighted by atomic mass is 9.72. The number of piperidine rings is 2. The first-order chi connectivity index (χ1) is 11.6. The minimum atomic E-state index is -0.438. The Bertz CT molecular complexity index is 544. The maximum Gasteiger partial charge on any atom is 0.249 e. The second-order valence-electron chi connectivity index (χ2n) is 7.95. The molecule has 4 rings (SSSR count). The van der Waals surface area contributed by atoms with Crippen molar-refractivity contribution in [3.63, 3.8) is 0 Å². The molecule has 3 saturated heterocycles. The maximum atomic E-state index is 12.8. The smallest absolute Gasteiger partial charge is 0.249 e. The second kappa shape index (κ2) is 6.47. The van der Waals surface area contributed by atoms with Crippen LogP contribution in [0.5, 0.6) is 0 Å². The Morgan fingerprint density at radius 3 is 2.58 bits per heavy atom. The highest BCUT2D eigenvalue weighted by Crippen LogP contribution is 2.43. The lowest BCUT2D eigenvalue weighted by molar-refractivity contribution is -0.144. The average molecular weight is 333 g/mol. The fraction of sp³-hybridized carbons (Fsp3) is 0.833. The Morgan fingerprint density at radius 1 is 0.958 bits per heavy atom. The van der Waals surface area contributed by atoms with Crippen LogP contribution in [0.4, 0.5) is 0 Å². The van der Waals surface area contributed by atoms with E-state index in [2.05, 4.69) is 10.6 Å². The summed E-state index contributed by atoms with van der Waals surface area (Å²) in [4.78, 5) is 38.0. The Morgan fingerprint density at radius 2 is 1.83 bits per heavy atom. The molecule has 5 atom stereocenters. The molecule has 4 fully saturated rings. The standard InChI is InChI=1S/C18H27N3O3/c22-16-7-6-15(17(23)20-16)21-10-12-9-11(4-5-13(12)18(21)24)14-3-1-2-8-19-14/h11-15,19H,1-10H2,(H,20,22,23). The Labute approximate surface area is 142 Å². The van der Waals surface area contributed by atoms with Crippen LogP contribution in [0.1, 0.15) is 51.4 Å². The van der Waals surface area contributed by atoms with Gasteiger partial charge in [0.25, 0.3) is 0 Å². The van der Waals surface area contributed by atoms with Gasteiger partial charge in [0.05, 0.1) is 0 Å². The molecule has 0 aromatic carbocycles. The van der Waals surface area contributed by atoms with Gasteiger partial charge in [-0.05, 0) is 56.9 Å². The lowest BCUT2D eigenvalue weighted by Gasteiger charge is -2.37. The number of fused-ring (bicyclic) bond motifs is 1. The summed E-state index contributed by atoms with van der Waals surface area (Å²) in [6.07, 6.45) is 7.82. The third-order valence-corrected chi connectivity index (χ3v) is 6.56. The van der Waals surface area contributed by atoms with Crippen molar-refractivity contribution in [2.45, 2.75) is 63.5 Å². The van der Waals surface area contributed by atoms with Crippen LogP contribution in [0.25, 0.3) is 0 Å². The van der Waals surface area contributed by atoms with Gasteiger partial charge in [0.15, 0.2) is 0 Å². The van der Waals surface area contributed by atoms with Gasteiger partial charge in [-0.15, -0.1) is 0 Å². The van der Waals surface area contributed by atoms with E-state index in [0.29, 0.717) is 37.3 Å². The second-order valence-corrected chi connectivity index (χ2v) is 7.95. The SMILES string of the molecule is O=C1CCC(N2CC3CC(C4CCCCN4)CCC3C2=O)C(=O)N1. The number of carbonyl (C=O) groups excluding carboxylic acids is 3. The summed E-state index contributed by atoms with van der Waals surface area (Å²) in [6, 6.07) is 0.173. The van der Waals surface area contributed by atoms with Crippen molar-refractivity contribution in [1.29, 1.82) is 0 Å². The highest BCUT2D eigenvalue weighted by molar-refractivity contribution is 6.02. The zero-order chi connectivity index (χ0) is 16.7. The van der Waals surface area contributed by atoms with E-state index in [1.54, 1.807) is 4.90 Å². The van der Waals surface area contributed by atoms with Gasteiger partial charge in [0.2, 0.25) is 17.7 Å². The number of hydrogen-bond acceptors (Lipinski definition) is 4. The van der Waals surface area contributed by atoms with Gasteiger partial charge < -0.3 is 10.2 Å². The molecule has 3 amide bonds. The van der Waals surface area contributed by atoms with Crippen LogP contribution in [0.15, 0.2) is 0 Å². The van der Waals surface area contributed by atoms with E-state index in [9.17, 15) is 14.4 Å². The van der Waals surface area contributed by atoms with Crippen LogP contribution in [0.3, 0.4) is 0 Å². The molecule has 3 heterocycles. The monoisotopic (exact) mass is 333 g/mol. The molecule has 1 aliphatic carbocycles. The van der Waals surface area contributed by atoms with Gasteiger partial charge in [0.1, 0.15) is 6.04 Å². The number of hydrogen-bond donors (Lipinski definition) is 2. The summed E-state index contributed by atoms with van der Waals surface area (Å²) in [5.74, 6) is 0.777. The van der Waals surface area contributed by atoms with E-state index in [-0.39, 0.29) is 23.6 Å². The molecule has 0 bridgehead atoms. The molecule has 6 heteroatoms. The van der Waals surface area contributed by atoms with Gasteiger partial charge in [-0.25, -0.2) is 0 Å². The summed E-state index contributed by atoms with van der Waals surface area (Å²) in [5.41, 5.74) is 0. The van der Waals surface area contributed by atoms with Gasteiger partial charge in [-0.2, -0.15) is 0 Å². The van der Waals surface area contributed by atoms with Crippen molar-refractivity contribution in [1.82, 2.24) is 15.5 Å². The van der Waals surface area contributed by atoms with Crippen molar-refractivity contribution in [3.8, 4) is 0 Å². The number of rotatable bonds is 2. The normalized spacial score (nSPS) is 40.4. The molecule has 6 nitrogen and oxygen atoms in total. The van der Waals surface area contributed by atoms with Crippen molar-refractivity contribution in [2.24, 2.45) is 17.8 Å². The average Bonchev–Trinajstić information content (AvgIpc) is 2.92. The van der Waals surface area contributed by atoms with E-state index in [1.165, 1.54) is 19.3 Å². The van der Waals surface area contributed by atoms with E-state index in [0.717, 1.165) is 25.8 Å². The fourth-order valence-corrected chi connectivity index (χ4v) is 5.29. The van der Waals surface area contributed by atoms with Crippen LogP contribution >= 0.6 is 0 Å². The molecular weight excluding hydrogens is 306 g/mol. The van der Waals surface area contributed by atoms with E-state index < -0.39 is 6.04 Å². The van der Waals surface area contributed by atoms with Crippen LogP contribution in [-0.4, -0.2) is 47.8 Å². The number of nitrogens with zero attached hydrogens (tertiary/aromatic N) is 1. The number of imide groups is 1. The van der Waals surface area contributed by atoms with E-state index in [1.807, 2.05) is 0 Å². The molecular formula is C18H27N3O3. The first-order valence-corrected chi connectivity index (χ1v) is 9.51. The van der Waals surface area contributed by atoms with Gasteiger partial charge >= 0.3 is 0 Å². The molecule has 1 saturated carbocycles. The molecule has 3 aliphatic heterocycles. The topological polar surface area (TPSA) is 78.5 Å². The molecule has 5 unspecified atom stereocenters. The van der Waals surface area contributed by atoms with Gasteiger partial charge in [0, 0.05) is 24.9 Å². The Balaban J connectivity index is 1.42. The molecule has 24 heavy (non-hydrogen) atoms. The molecule has 0 aromatic rings. The predicted molar refractivity (Wildman–Crippen MR) is 87.8 cm³/mol. The minimum absolute atomic E-state index is 0.0928. The number of carbonyl (C=O) groups is 3. The largest absolute Gasteiger partial charge is 0.330 e. The molecule has 0 radical (unpaired) electrons. The fourth-order valence-electron chi connectivity index (χ4n) is 5.29. The maximum absolute atomic E-state index is 12.8. The molecule has 2 N–H and O–H groups in total. The first kappa shape index (κ1) is 16.1. The van der Waals surface area contributed by atoms with Gasteiger partial charge in [-0.3, -0.25) is 19.7 Å². The van der Waals surface area contributed by atoms with E-state index in [4.69, 9.17) is 0 Å². The zero-order valence-corrected chi connectivity index (χ0v) is 14.1. The van der Waals surface area contributed by atoms with Crippen LogP contribution in [0, 0.1) is 17.8 Å². The Hall–Kier alpha value is -1.43. The summed E-state index contributed by atoms with van der Waals surface area (Å²) >= 11 is 0. The molecule has 4 aliphatic rings. The summed E-state index contributed by atoms with van der Waals surface area (Å²) in [6.45, 7) is 1.82. The quantitative estimate of drug-likeness (QED) is 0.733. The molecule has 132 valence electrons. The lowest BCUT2D eigenvalue weighted by Crippen LogP contribution is -2.53. The van der Waals surface area contributed by atoms with Crippen LogP contribution in [-0.2, 0) is 14.4 Å². The number of likely N-dealkylation sites (tertiary alicyclic amines) is 1. The molecule has 0 spiro atoms. The van der Waals surface area contributed by atoms with Crippen LogP contribution < -0.4 is 10.6 Å². The van der Waals surface area contributed by atoms with Crippen LogP contribution in [0.2, 0.25) is 0 Å². The highest BCUT2D eigenvalue weighted by atomic mass is 16.2. The summed E-state index contributed by atoms with van der Waals surface area (Å²) in [5, 5.41) is 6.05. The van der Waals surface area contributed by atoms with Crippen molar-refractivity contribution in [2.75, 3.05) is 13.1 Å². The number of nitrogens with one attached hydrogen (secondary N) is 2. The Kier molecular flexibility index (Phi) is 4.33. The minimum Gasteiger partial charge on any atom is -0.330 e. The van der Waals surface area contributed by atoms with Crippen molar-refractivity contribution in [3.05, 3.63) is 0 Å². The summed E-state index contributed by atoms with van der Waals surface area (Å²) < 4.78 is 0.